The number of aromatic nitrogens is 1. The number of hydrogen-bond acceptors (Lipinski definition) is 1. The van der Waals surface area contributed by atoms with Crippen LogP contribution in [-0.4, -0.2) is 15.6 Å². The standard InChI is InChI=1S/C13H14BrNO2/c1-7(2)15-11-5-4-9(14)6-10(11)8(3)12(15)13(16)17/h4-7H,1-3H3,(H,16,17). The molecule has 1 aromatic carbocycles. The van der Waals surface area contributed by atoms with Crippen LogP contribution in [0.4, 0.5) is 0 Å². The van der Waals surface area contributed by atoms with Crippen LogP contribution < -0.4 is 0 Å². The Morgan fingerprint density at radius 1 is 1.41 bits per heavy atom. The lowest BCUT2D eigenvalue weighted by Crippen LogP contribution is -2.11. The molecule has 0 radical (unpaired) electrons. The van der Waals surface area contributed by atoms with Crippen LogP contribution in [0.5, 0.6) is 0 Å². The largest absolute Gasteiger partial charge is 0.477 e. The number of benzene rings is 1. The molecule has 0 saturated heterocycles. The van der Waals surface area contributed by atoms with E-state index in [1.54, 1.807) is 0 Å². The van der Waals surface area contributed by atoms with E-state index < -0.39 is 5.97 Å². The zero-order valence-corrected chi connectivity index (χ0v) is 11.6. The molecule has 0 aliphatic rings. The molecule has 0 saturated carbocycles. The number of aromatic carboxylic acids is 1. The van der Waals surface area contributed by atoms with E-state index in [9.17, 15) is 9.90 Å². The van der Waals surface area contributed by atoms with E-state index in [4.69, 9.17) is 0 Å². The molecule has 3 nitrogen and oxygen atoms in total. The minimum Gasteiger partial charge on any atom is -0.477 e. The van der Waals surface area contributed by atoms with Gasteiger partial charge in [0.15, 0.2) is 0 Å². The number of aryl methyl sites for hydroxylation is 1. The van der Waals surface area contributed by atoms with E-state index in [0.717, 1.165) is 20.9 Å². The maximum absolute atomic E-state index is 11.4. The van der Waals surface area contributed by atoms with Crippen molar-refractivity contribution in [1.29, 1.82) is 0 Å². The van der Waals surface area contributed by atoms with Crippen LogP contribution in [0.25, 0.3) is 10.9 Å². The van der Waals surface area contributed by atoms with E-state index in [2.05, 4.69) is 15.9 Å². The highest BCUT2D eigenvalue weighted by atomic mass is 79.9. The summed E-state index contributed by atoms with van der Waals surface area (Å²) in [4.78, 5) is 11.4. The van der Waals surface area contributed by atoms with E-state index in [1.165, 1.54) is 0 Å². The molecule has 2 aromatic rings. The maximum atomic E-state index is 11.4. The summed E-state index contributed by atoms with van der Waals surface area (Å²) in [6, 6.07) is 5.99. The third kappa shape index (κ3) is 1.86. The molecule has 0 spiro atoms. The lowest BCUT2D eigenvalue weighted by molar-refractivity contribution is 0.0683. The Hall–Kier alpha value is -1.29. The summed E-state index contributed by atoms with van der Waals surface area (Å²) in [6.07, 6.45) is 0. The Kier molecular flexibility index (Phi) is 3.00. The molecule has 0 fully saturated rings. The van der Waals surface area contributed by atoms with Crippen molar-refractivity contribution >= 4 is 32.8 Å². The Balaban J connectivity index is 2.92. The summed E-state index contributed by atoms with van der Waals surface area (Å²) in [5.41, 5.74) is 2.17. The minimum absolute atomic E-state index is 0.124. The van der Waals surface area contributed by atoms with Crippen LogP contribution in [0.2, 0.25) is 0 Å². The van der Waals surface area contributed by atoms with Gasteiger partial charge in [-0.3, -0.25) is 0 Å². The first kappa shape index (κ1) is 12.2. The molecule has 0 atom stereocenters. The second-order valence-electron chi connectivity index (χ2n) is 4.40. The third-order valence-electron chi connectivity index (χ3n) is 2.94. The number of halogens is 1. The van der Waals surface area contributed by atoms with Crippen molar-refractivity contribution in [3.63, 3.8) is 0 Å². The quantitative estimate of drug-likeness (QED) is 0.910. The fourth-order valence-electron chi connectivity index (χ4n) is 2.25. The van der Waals surface area contributed by atoms with Gasteiger partial charge in [0.1, 0.15) is 5.69 Å². The molecule has 17 heavy (non-hydrogen) atoms. The second kappa shape index (κ2) is 4.18. The minimum atomic E-state index is -0.872. The topological polar surface area (TPSA) is 42.2 Å². The zero-order valence-electron chi connectivity index (χ0n) is 9.99. The number of rotatable bonds is 2. The summed E-state index contributed by atoms with van der Waals surface area (Å²) >= 11 is 3.42. The average Bonchev–Trinajstić information content (AvgIpc) is 2.52. The normalized spacial score (nSPS) is 11.4. The summed E-state index contributed by atoms with van der Waals surface area (Å²) in [6.45, 7) is 5.85. The number of hydrogen-bond donors (Lipinski definition) is 1. The van der Waals surface area contributed by atoms with Gasteiger partial charge in [-0.15, -0.1) is 0 Å². The van der Waals surface area contributed by atoms with E-state index in [1.807, 2.05) is 43.5 Å². The predicted molar refractivity (Wildman–Crippen MR) is 71.7 cm³/mol. The van der Waals surface area contributed by atoms with Crippen molar-refractivity contribution in [3.8, 4) is 0 Å². The molecule has 0 aliphatic heterocycles. The van der Waals surface area contributed by atoms with Gasteiger partial charge in [0.2, 0.25) is 0 Å². The highest BCUT2D eigenvalue weighted by Gasteiger charge is 2.21. The van der Waals surface area contributed by atoms with Crippen LogP contribution >= 0.6 is 15.9 Å². The van der Waals surface area contributed by atoms with Crippen molar-refractivity contribution in [2.24, 2.45) is 0 Å². The molecule has 4 heteroatoms. The van der Waals surface area contributed by atoms with Gasteiger partial charge in [-0.25, -0.2) is 4.79 Å². The van der Waals surface area contributed by atoms with Crippen LogP contribution in [0.3, 0.4) is 0 Å². The van der Waals surface area contributed by atoms with Crippen molar-refractivity contribution in [1.82, 2.24) is 4.57 Å². The van der Waals surface area contributed by atoms with Gasteiger partial charge in [-0.1, -0.05) is 15.9 Å². The van der Waals surface area contributed by atoms with Gasteiger partial charge in [0, 0.05) is 21.4 Å². The van der Waals surface area contributed by atoms with Crippen LogP contribution in [0.1, 0.15) is 35.9 Å². The first-order valence-electron chi connectivity index (χ1n) is 5.46. The Morgan fingerprint density at radius 2 is 2.06 bits per heavy atom. The highest BCUT2D eigenvalue weighted by Crippen LogP contribution is 2.30. The first-order chi connectivity index (χ1) is 7.93. The van der Waals surface area contributed by atoms with Gasteiger partial charge in [0.05, 0.1) is 0 Å². The molecule has 1 N–H and O–H groups in total. The zero-order chi connectivity index (χ0) is 12.7. The Morgan fingerprint density at radius 3 is 2.59 bits per heavy atom. The van der Waals surface area contributed by atoms with E-state index >= 15 is 0 Å². The molecule has 1 aromatic heterocycles. The predicted octanol–water partition coefficient (Wildman–Crippen LogP) is 3.99. The molecule has 90 valence electrons. The lowest BCUT2D eigenvalue weighted by atomic mass is 10.1. The molecule has 1 heterocycles. The third-order valence-corrected chi connectivity index (χ3v) is 3.43. The fourth-order valence-corrected chi connectivity index (χ4v) is 2.61. The smallest absolute Gasteiger partial charge is 0.352 e. The monoisotopic (exact) mass is 295 g/mol. The average molecular weight is 296 g/mol. The van der Waals surface area contributed by atoms with Crippen molar-refractivity contribution < 1.29 is 9.90 Å². The molecular weight excluding hydrogens is 282 g/mol. The molecule has 0 amide bonds. The highest BCUT2D eigenvalue weighted by molar-refractivity contribution is 9.10. The summed E-state index contributed by atoms with van der Waals surface area (Å²) in [5.74, 6) is -0.872. The van der Waals surface area contributed by atoms with Crippen LogP contribution in [0.15, 0.2) is 22.7 Å². The summed E-state index contributed by atoms with van der Waals surface area (Å²) in [7, 11) is 0. The SMILES string of the molecule is Cc1c(C(=O)O)n(C(C)C)c2ccc(Br)cc12. The number of fused-ring (bicyclic) bond motifs is 1. The molecule has 0 unspecified atom stereocenters. The Bertz CT molecular complexity index is 599. The molecule has 0 bridgehead atoms. The number of nitrogens with zero attached hydrogens (tertiary/aromatic N) is 1. The molecule has 0 aliphatic carbocycles. The first-order valence-corrected chi connectivity index (χ1v) is 6.26. The maximum Gasteiger partial charge on any atom is 0.352 e. The van der Waals surface area contributed by atoms with Crippen LogP contribution in [-0.2, 0) is 0 Å². The second-order valence-corrected chi connectivity index (χ2v) is 5.32. The van der Waals surface area contributed by atoms with Gasteiger partial charge >= 0.3 is 5.97 Å². The summed E-state index contributed by atoms with van der Waals surface area (Å²) < 4.78 is 2.84. The van der Waals surface area contributed by atoms with Crippen molar-refractivity contribution in [2.75, 3.05) is 0 Å². The molecular formula is C13H14BrNO2. The summed E-state index contributed by atoms with van der Waals surface area (Å²) in [5, 5.41) is 10.3. The van der Waals surface area contributed by atoms with E-state index in [0.29, 0.717) is 5.69 Å². The fraction of sp³-hybridized carbons (Fsp3) is 0.308. The number of carboxylic acid groups (broad SMARTS) is 1. The van der Waals surface area contributed by atoms with Gasteiger partial charge in [-0.2, -0.15) is 0 Å². The lowest BCUT2D eigenvalue weighted by Gasteiger charge is -2.12. The van der Waals surface area contributed by atoms with Gasteiger partial charge in [0.25, 0.3) is 0 Å². The van der Waals surface area contributed by atoms with Crippen molar-refractivity contribution in [2.45, 2.75) is 26.8 Å². The Labute approximate surface area is 108 Å². The number of carbonyl (C=O) groups is 1. The molecule has 2 rings (SSSR count). The van der Waals surface area contributed by atoms with Gasteiger partial charge < -0.3 is 9.67 Å². The van der Waals surface area contributed by atoms with Gasteiger partial charge in [-0.05, 0) is 44.5 Å². The van der Waals surface area contributed by atoms with E-state index in [-0.39, 0.29) is 6.04 Å². The van der Waals surface area contributed by atoms with Crippen molar-refractivity contribution in [3.05, 3.63) is 33.9 Å². The number of carboxylic acids is 1. The van der Waals surface area contributed by atoms with Crippen LogP contribution in [0, 0.1) is 6.92 Å².